The second-order valence-corrected chi connectivity index (χ2v) is 9.75. The SMILES string of the molecule is FC1(F)CCN(Cc2cncc(-c3ccc4[nH]nc(-c5cc6c(-c7ccncc7)cccc6[nH]5)c4n3)c2)C1. The van der Waals surface area contributed by atoms with Crippen LogP contribution in [0, 0.1) is 0 Å². The van der Waals surface area contributed by atoms with Gasteiger partial charge in [0.05, 0.1) is 23.4 Å². The average molecular weight is 508 g/mol. The Balaban J connectivity index is 1.24. The van der Waals surface area contributed by atoms with E-state index in [1.807, 2.05) is 42.5 Å². The highest BCUT2D eigenvalue weighted by Crippen LogP contribution is 2.34. The molecule has 6 heterocycles. The highest BCUT2D eigenvalue weighted by molar-refractivity contribution is 6.00. The lowest BCUT2D eigenvalue weighted by Gasteiger charge is -2.15. The van der Waals surface area contributed by atoms with Gasteiger partial charge in [-0.1, -0.05) is 12.1 Å². The van der Waals surface area contributed by atoms with Gasteiger partial charge in [0.25, 0.3) is 5.92 Å². The van der Waals surface area contributed by atoms with E-state index in [0.717, 1.165) is 61.3 Å². The van der Waals surface area contributed by atoms with Crippen molar-refractivity contribution in [2.45, 2.75) is 18.9 Å². The van der Waals surface area contributed by atoms with E-state index in [4.69, 9.17) is 4.98 Å². The number of likely N-dealkylation sites (tertiary alicyclic amines) is 1. The van der Waals surface area contributed by atoms with Crippen molar-refractivity contribution in [3.05, 3.63) is 84.9 Å². The van der Waals surface area contributed by atoms with Crippen LogP contribution in [-0.2, 0) is 6.54 Å². The van der Waals surface area contributed by atoms with Crippen molar-refractivity contribution in [1.82, 2.24) is 35.0 Å². The standard InChI is InChI=1S/C29H23F2N7/c30-29(31)8-11-38(17-29)16-18-12-20(15-33-14-18)23-4-5-25-27(35-23)28(37-36-25)26-13-22-21(2-1-3-24(22)34-26)19-6-9-32-10-7-19/h1-7,9-10,12-15,34H,8,11,16-17H2,(H,36,37). The number of fused-ring (bicyclic) bond motifs is 2. The minimum Gasteiger partial charge on any atom is -0.353 e. The number of aromatic amines is 2. The van der Waals surface area contributed by atoms with Crippen molar-refractivity contribution >= 4 is 21.9 Å². The molecule has 0 bridgehead atoms. The van der Waals surface area contributed by atoms with Crippen LogP contribution < -0.4 is 0 Å². The van der Waals surface area contributed by atoms with E-state index in [9.17, 15) is 8.78 Å². The second-order valence-electron chi connectivity index (χ2n) is 9.75. The number of pyridine rings is 3. The molecule has 0 radical (unpaired) electrons. The number of H-pyrrole nitrogens is 2. The molecule has 0 aliphatic carbocycles. The highest BCUT2D eigenvalue weighted by Gasteiger charge is 2.37. The van der Waals surface area contributed by atoms with Crippen molar-refractivity contribution in [1.29, 1.82) is 0 Å². The fourth-order valence-electron chi connectivity index (χ4n) is 5.23. The first-order valence-electron chi connectivity index (χ1n) is 12.4. The van der Waals surface area contributed by atoms with Gasteiger partial charge < -0.3 is 4.98 Å². The Hall–Kier alpha value is -4.50. The first-order valence-corrected chi connectivity index (χ1v) is 12.4. The molecule has 1 aliphatic rings. The van der Waals surface area contributed by atoms with Crippen molar-refractivity contribution < 1.29 is 8.78 Å². The van der Waals surface area contributed by atoms with Gasteiger partial charge in [0, 0.05) is 60.8 Å². The van der Waals surface area contributed by atoms with Crippen LogP contribution >= 0.6 is 0 Å². The van der Waals surface area contributed by atoms with Crippen molar-refractivity contribution in [3.63, 3.8) is 0 Å². The largest absolute Gasteiger partial charge is 0.353 e. The third kappa shape index (κ3) is 4.10. The van der Waals surface area contributed by atoms with Crippen LogP contribution in [0.3, 0.4) is 0 Å². The molecular weight excluding hydrogens is 484 g/mol. The number of nitrogens with one attached hydrogen (secondary N) is 2. The van der Waals surface area contributed by atoms with E-state index in [1.54, 1.807) is 29.7 Å². The predicted octanol–water partition coefficient (Wildman–Crippen LogP) is 6.07. The maximum atomic E-state index is 13.6. The van der Waals surface area contributed by atoms with Gasteiger partial charge in [-0.05, 0) is 59.2 Å². The molecule has 9 heteroatoms. The minimum absolute atomic E-state index is 0.0978. The zero-order chi connectivity index (χ0) is 25.7. The summed E-state index contributed by atoms with van der Waals surface area (Å²) in [5.41, 5.74) is 8.81. The lowest BCUT2D eigenvalue weighted by atomic mass is 10.0. The first kappa shape index (κ1) is 22.7. The van der Waals surface area contributed by atoms with Crippen LogP contribution in [0.5, 0.6) is 0 Å². The first-order chi connectivity index (χ1) is 18.5. The van der Waals surface area contributed by atoms with E-state index in [-0.39, 0.29) is 13.0 Å². The fraction of sp³-hybridized carbons (Fsp3) is 0.172. The zero-order valence-corrected chi connectivity index (χ0v) is 20.3. The van der Waals surface area contributed by atoms with Crippen molar-refractivity contribution in [2.24, 2.45) is 0 Å². The average Bonchev–Trinajstić information content (AvgIpc) is 3.64. The molecule has 5 aromatic heterocycles. The van der Waals surface area contributed by atoms with Crippen molar-refractivity contribution in [3.8, 4) is 33.8 Å². The monoisotopic (exact) mass is 507 g/mol. The number of nitrogens with zero attached hydrogens (tertiary/aromatic N) is 5. The number of rotatable bonds is 5. The maximum absolute atomic E-state index is 13.6. The van der Waals surface area contributed by atoms with E-state index >= 15 is 0 Å². The van der Waals surface area contributed by atoms with Crippen LogP contribution in [0.2, 0.25) is 0 Å². The summed E-state index contributed by atoms with van der Waals surface area (Å²) in [6.07, 6.45) is 6.96. The van der Waals surface area contributed by atoms with Gasteiger partial charge in [-0.3, -0.25) is 20.0 Å². The molecule has 0 amide bonds. The number of hydrogen-bond donors (Lipinski definition) is 2. The molecule has 38 heavy (non-hydrogen) atoms. The fourth-order valence-corrected chi connectivity index (χ4v) is 5.23. The Labute approximate surface area is 216 Å². The minimum atomic E-state index is -2.61. The van der Waals surface area contributed by atoms with Gasteiger partial charge >= 0.3 is 0 Å². The number of aromatic nitrogens is 6. The van der Waals surface area contributed by atoms with E-state index < -0.39 is 5.92 Å². The number of benzene rings is 1. The van der Waals surface area contributed by atoms with E-state index in [2.05, 4.69) is 37.3 Å². The van der Waals surface area contributed by atoms with E-state index in [1.165, 1.54) is 0 Å². The summed E-state index contributed by atoms with van der Waals surface area (Å²) in [4.78, 5) is 18.7. The molecule has 2 N–H and O–H groups in total. The summed E-state index contributed by atoms with van der Waals surface area (Å²) in [5, 5.41) is 8.75. The molecule has 1 aromatic carbocycles. The van der Waals surface area contributed by atoms with Gasteiger partial charge in [0.2, 0.25) is 0 Å². The number of halogens is 2. The smallest absolute Gasteiger partial charge is 0.261 e. The molecular formula is C29H23F2N7. The molecule has 6 aromatic rings. The summed E-state index contributed by atoms with van der Waals surface area (Å²) in [6.45, 7) is 0.602. The van der Waals surface area contributed by atoms with Gasteiger partial charge in [-0.2, -0.15) is 5.10 Å². The van der Waals surface area contributed by atoms with Crippen molar-refractivity contribution in [2.75, 3.05) is 13.1 Å². The van der Waals surface area contributed by atoms with Gasteiger partial charge in [-0.25, -0.2) is 13.8 Å². The van der Waals surface area contributed by atoms with Gasteiger partial charge in [-0.15, -0.1) is 0 Å². The summed E-state index contributed by atoms with van der Waals surface area (Å²) in [7, 11) is 0. The molecule has 188 valence electrons. The maximum Gasteiger partial charge on any atom is 0.261 e. The lowest BCUT2D eigenvalue weighted by molar-refractivity contribution is 0.0115. The Kier molecular flexibility index (Phi) is 5.26. The molecule has 0 atom stereocenters. The highest BCUT2D eigenvalue weighted by atomic mass is 19.3. The Morgan fingerprint density at radius 3 is 2.66 bits per heavy atom. The number of alkyl halides is 2. The summed E-state index contributed by atoms with van der Waals surface area (Å²) in [5.74, 6) is -2.61. The normalized spacial score (nSPS) is 15.5. The van der Waals surface area contributed by atoms with E-state index in [0.29, 0.717) is 13.1 Å². The van der Waals surface area contributed by atoms with Crippen LogP contribution in [0.4, 0.5) is 8.78 Å². The van der Waals surface area contributed by atoms with Gasteiger partial charge in [0.15, 0.2) is 0 Å². The molecule has 1 aliphatic heterocycles. The van der Waals surface area contributed by atoms with Crippen LogP contribution in [0.15, 0.2) is 79.4 Å². The number of hydrogen-bond acceptors (Lipinski definition) is 5. The lowest BCUT2D eigenvalue weighted by Crippen LogP contribution is -2.24. The third-order valence-electron chi connectivity index (χ3n) is 7.06. The summed E-state index contributed by atoms with van der Waals surface area (Å²) >= 11 is 0. The Bertz CT molecular complexity index is 1770. The third-order valence-corrected chi connectivity index (χ3v) is 7.06. The summed E-state index contributed by atoms with van der Waals surface area (Å²) < 4.78 is 27.3. The topological polar surface area (TPSA) is 86.4 Å². The Morgan fingerprint density at radius 1 is 0.921 bits per heavy atom. The summed E-state index contributed by atoms with van der Waals surface area (Å²) in [6, 6.07) is 18.1. The molecule has 1 saturated heterocycles. The second kappa shape index (κ2) is 8.81. The predicted molar refractivity (Wildman–Crippen MR) is 142 cm³/mol. The molecule has 7 nitrogen and oxygen atoms in total. The van der Waals surface area contributed by atoms with Crippen LogP contribution in [-0.4, -0.2) is 54.0 Å². The quantitative estimate of drug-likeness (QED) is 0.296. The molecule has 0 spiro atoms. The molecule has 0 saturated carbocycles. The van der Waals surface area contributed by atoms with Crippen LogP contribution in [0.1, 0.15) is 12.0 Å². The molecule has 1 fully saturated rings. The zero-order valence-electron chi connectivity index (χ0n) is 20.3. The van der Waals surface area contributed by atoms with Gasteiger partial charge in [0.1, 0.15) is 11.2 Å². The molecule has 7 rings (SSSR count). The molecule has 0 unspecified atom stereocenters. The Morgan fingerprint density at radius 2 is 1.82 bits per heavy atom. The van der Waals surface area contributed by atoms with Crippen LogP contribution in [0.25, 0.3) is 55.7 Å².